The van der Waals surface area contributed by atoms with E-state index in [0.717, 1.165) is 12.8 Å². The summed E-state index contributed by atoms with van der Waals surface area (Å²) >= 11 is 0. The van der Waals surface area contributed by atoms with E-state index < -0.39 is 0 Å². The average Bonchev–Trinajstić information content (AvgIpc) is 2.29. The highest BCUT2D eigenvalue weighted by Crippen LogP contribution is 2.27. The van der Waals surface area contributed by atoms with Gasteiger partial charge >= 0.3 is 0 Å². The lowest BCUT2D eigenvalue weighted by molar-refractivity contribution is -0.0310. The van der Waals surface area contributed by atoms with Crippen molar-refractivity contribution in [1.29, 1.82) is 0 Å². The van der Waals surface area contributed by atoms with Gasteiger partial charge in [-0.1, -0.05) is 0 Å². The summed E-state index contributed by atoms with van der Waals surface area (Å²) in [7, 11) is 0. The number of rotatable bonds is 4. The summed E-state index contributed by atoms with van der Waals surface area (Å²) in [4.78, 5) is 0. The van der Waals surface area contributed by atoms with Crippen LogP contribution in [0, 0.1) is 0 Å². The fourth-order valence-corrected chi connectivity index (χ4v) is 1.12. The zero-order chi connectivity index (χ0) is 9.90. The highest BCUT2D eigenvalue weighted by atomic mass is 16.7. The van der Waals surface area contributed by atoms with Crippen LogP contribution < -0.4 is 5.73 Å². The van der Waals surface area contributed by atoms with E-state index >= 15 is 0 Å². The summed E-state index contributed by atoms with van der Waals surface area (Å²) in [5.74, 6) is 0.658. The molecule has 2 N–H and O–H groups in total. The van der Waals surface area contributed by atoms with E-state index in [1.807, 2.05) is 26.8 Å². The topological polar surface area (TPSA) is 44.5 Å². The first kappa shape index (κ1) is 10.4. The Bertz CT molecular complexity index is 197. The predicted molar refractivity (Wildman–Crippen MR) is 52.1 cm³/mol. The number of nitrogens with two attached hydrogens (primary N) is 1. The molecule has 0 aliphatic carbocycles. The Morgan fingerprint density at radius 2 is 2.38 bits per heavy atom. The van der Waals surface area contributed by atoms with E-state index in [-0.39, 0.29) is 11.6 Å². The minimum atomic E-state index is -0.0936. The van der Waals surface area contributed by atoms with E-state index in [4.69, 9.17) is 15.2 Å². The molecule has 0 bridgehead atoms. The van der Waals surface area contributed by atoms with Crippen LogP contribution >= 0.6 is 0 Å². The Morgan fingerprint density at radius 3 is 2.85 bits per heavy atom. The van der Waals surface area contributed by atoms with Gasteiger partial charge in [-0.3, -0.25) is 0 Å². The van der Waals surface area contributed by atoms with Crippen molar-refractivity contribution in [3.05, 3.63) is 12.0 Å². The molecular formula is C10H19NO2. The van der Waals surface area contributed by atoms with Gasteiger partial charge in [0, 0.05) is 18.5 Å². The summed E-state index contributed by atoms with van der Waals surface area (Å²) in [6.45, 7) is 6.70. The maximum absolute atomic E-state index is 5.59. The SMILES string of the molecule is CC(N)CCOC1=CCC(C)(C)O1. The number of ether oxygens (including phenoxy) is 2. The lowest BCUT2D eigenvalue weighted by Gasteiger charge is -2.19. The Labute approximate surface area is 79.9 Å². The van der Waals surface area contributed by atoms with Gasteiger partial charge in [0.1, 0.15) is 5.60 Å². The summed E-state index contributed by atoms with van der Waals surface area (Å²) in [6, 6.07) is 0.190. The van der Waals surface area contributed by atoms with Crippen molar-refractivity contribution in [2.24, 2.45) is 5.73 Å². The molecular weight excluding hydrogens is 166 g/mol. The minimum Gasteiger partial charge on any atom is -0.466 e. The molecule has 1 unspecified atom stereocenters. The van der Waals surface area contributed by atoms with Crippen molar-refractivity contribution in [3.8, 4) is 0 Å². The van der Waals surface area contributed by atoms with Crippen LogP contribution in [0.3, 0.4) is 0 Å². The van der Waals surface area contributed by atoms with Crippen molar-refractivity contribution in [2.45, 2.75) is 45.3 Å². The molecule has 0 saturated heterocycles. The quantitative estimate of drug-likeness (QED) is 0.726. The van der Waals surface area contributed by atoms with Crippen LogP contribution in [0.2, 0.25) is 0 Å². The largest absolute Gasteiger partial charge is 0.466 e. The fraction of sp³-hybridized carbons (Fsp3) is 0.800. The maximum atomic E-state index is 5.59. The predicted octanol–water partition coefficient (Wildman–Crippen LogP) is 1.78. The van der Waals surface area contributed by atoms with E-state index in [9.17, 15) is 0 Å². The fourth-order valence-electron chi connectivity index (χ4n) is 1.12. The number of hydrogen-bond acceptors (Lipinski definition) is 3. The van der Waals surface area contributed by atoms with Crippen LogP contribution in [0.25, 0.3) is 0 Å². The molecule has 1 heterocycles. The summed E-state index contributed by atoms with van der Waals surface area (Å²) in [5.41, 5.74) is 5.50. The second kappa shape index (κ2) is 4.01. The van der Waals surface area contributed by atoms with E-state index in [0.29, 0.717) is 12.6 Å². The normalized spacial score (nSPS) is 22.0. The molecule has 1 rings (SSSR count). The van der Waals surface area contributed by atoms with Crippen LogP contribution in [-0.4, -0.2) is 18.2 Å². The molecule has 3 nitrogen and oxygen atoms in total. The van der Waals surface area contributed by atoms with E-state index in [1.165, 1.54) is 0 Å². The lowest BCUT2D eigenvalue weighted by atomic mass is 10.1. The van der Waals surface area contributed by atoms with Gasteiger partial charge in [-0.2, -0.15) is 0 Å². The molecule has 3 heteroatoms. The molecule has 0 aromatic carbocycles. The maximum Gasteiger partial charge on any atom is 0.275 e. The molecule has 1 atom stereocenters. The van der Waals surface area contributed by atoms with Gasteiger partial charge in [-0.05, 0) is 27.2 Å². The van der Waals surface area contributed by atoms with Crippen molar-refractivity contribution < 1.29 is 9.47 Å². The van der Waals surface area contributed by atoms with Crippen LogP contribution in [-0.2, 0) is 9.47 Å². The Balaban J connectivity index is 2.17. The third-order valence-electron chi connectivity index (χ3n) is 1.95. The van der Waals surface area contributed by atoms with Crippen LogP contribution in [0.4, 0.5) is 0 Å². The standard InChI is InChI=1S/C10H19NO2/c1-8(11)5-7-12-9-4-6-10(2,3)13-9/h4,8H,5-7,11H2,1-3H3. The van der Waals surface area contributed by atoms with Gasteiger partial charge in [0.05, 0.1) is 6.61 Å². The first-order valence-electron chi connectivity index (χ1n) is 4.77. The molecule has 0 aromatic heterocycles. The smallest absolute Gasteiger partial charge is 0.275 e. The molecule has 0 radical (unpaired) electrons. The van der Waals surface area contributed by atoms with Gasteiger partial charge < -0.3 is 15.2 Å². The monoisotopic (exact) mass is 185 g/mol. The molecule has 0 fully saturated rings. The van der Waals surface area contributed by atoms with Crippen molar-refractivity contribution in [1.82, 2.24) is 0 Å². The molecule has 0 amide bonds. The zero-order valence-electron chi connectivity index (χ0n) is 8.67. The van der Waals surface area contributed by atoms with Crippen molar-refractivity contribution in [2.75, 3.05) is 6.61 Å². The van der Waals surface area contributed by atoms with Gasteiger partial charge in [0.2, 0.25) is 0 Å². The molecule has 0 spiro atoms. The van der Waals surface area contributed by atoms with Gasteiger partial charge in [0.25, 0.3) is 5.95 Å². The van der Waals surface area contributed by atoms with E-state index in [2.05, 4.69) is 0 Å². The van der Waals surface area contributed by atoms with Gasteiger partial charge in [0.15, 0.2) is 0 Å². The third kappa shape index (κ3) is 3.68. The van der Waals surface area contributed by atoms with Gasteiger partial charge in [-0.15, -0.1) is 0 Å². The number of hydrogen-bond donors (Lipinski definition) is 1. The van der Waals surface area contributed by atoms with Crippen molar-refractivity contribution in [3.63, 3.8) is 0 Å². The molecule has 13 heavy (non-hydrogen) atoms. The summed E-state index contributed by atoms with van der Waals surface area (Å²) in [6.07, 6.45) is 3.77. The highest BCUT2D eigenvalue weighted by Gasteiger charge is 2.26. The van der Waals surface area contributed by atoms with Crippen LogP contribution in [0.15, 0.2) is 12.0 Å². The highest BCUT2D eigenvalue weighted by molar-refractivity contribution is 4.99. The van der Waals surface area contributed by atoms with Crippen LogP contribution in [0.5, 0.6) is 0 Å². The molecule has 0 saturated carbocycles. The first-order valence-corrected chi connectivity index (χ1v) is 4.77. The Morgan fingerprint density at radius 1 is 1.69 bits per heavy atom. The molecule has 1 aliphatic heterocycles. The second-order valence-electron chi connectivity index (χ2n) is 4.20. The van der Waals surface area contributed by atoms with Gasteiger partial charge in [-0.25, -0.2) is 0 Å². The van der Waals surface area contributed by atoms with E-state index in [1.54, 1.807) is 0 Å². The Kier molecular flexibility index (Phi) is 3.20. The molecule has 1 aliphatic rings. The molecule has 0 aromatic rings. The minimum absolute atomic E-state index is 0.0936. The lowest BCUT2D eigenvalue weighted by Crippen LogP contribution is -2.20. The Hall–Kier alpha value is -0.700. The van der Waals surface area contributed by atoms with Crippen LogP contribution in [0.1, 0.15) is 33.6 Å². The zero-order valence-corrected chi connectivity index (χ0v) is 8.67. The third-order valence-corrected chi connectivity index (χ3v) is 1.95. The summed E-state index contributed by atoms with van der Waals surface area (Å²) < 4.78 is 10.9. The average molecular weight is 185 g/mol. The first-order chi connectivity index (χ1) is 5.99. The molecule has 76 valence electrons. The van der Waals surface area contributed by atoms with Crippen molar-refractivity contribution >= 4 is 0 Å². The second-order valence-corrected chi connectivity index (χ2v) is 4.20. The summed E-state index contributed by atoms with van der Waals surface area (Å²) in [5, 5.41) is 0.